The van der Waals surface area contributed by atoms with Gasteiger partial charge in [-0.1, -0.05) is 0 Å². The van der Waals surface area contributed by atoms with Gasteiger partial charge < -0.3 is 24.6 Å². The lowest BCUT2D eigenvalue weighted by Gasteiger charge is -2.26. The highest BCUT2D eigenvalue weighted by atomic mass is 16.6. The molecule has 1 amide bonds. The molecule has 1 saturated heterocycles. The van der Waals surface area contributed by atoms with E-state index in [0.29, 0.717) is 13.2 Å². The first-order valence-corrected chi connectivity index (χ1v) is 5.60. The van der Waals surface area contributed by atoms with Gasteiger partial charge in [-0.15, -0.1) is 0 Å². The topological polar surface area (TPSA) is 94.1 Å². The summed E-state index contributed by atoms with van der Waals surface area (Å²) in [4.78, 5) is 23.0. The van der Waals surface area contributed by atoms with Crippen LogP contribution in [0.5, 0.6) is 0 Å². The third kappa shape index (κ3) is 2.26. The zero-order valence-corrected chi connectivity index (χ0v) is 9.97. The molecule has 0 bridgehead atoms. The molecule has 2 N–H and O–H groups in total. The van der Waals surface area contributed by atoms with Gasteiger partial charge in [0.1, 0.15) is 24.9 Å². The molecule has 0 aromatic carbocycles. The number of aliphatic carboxylic acids is 1. The molecule has 2 unspecified atom stereocenters. The van der Waals surface area contributed by atoms with Crippen molar-refractivity contribution in [3.05, 3.63) is 12.0 Å². The molecule has 1 fully saturated rings. The molecule has 0 aromatic heterocycles. The van der Waals surface area contributed by atoms with Crippen LogP contribution in [0.1, 0.15) is 6.92 Å². The maximum absolute atomic E-state index is 11.8. The number of amides is 1. The summed E-state index contributed by atoms with van der Waals surface area (Å²) in [5.41, 5.74) is -1.12. The van der Waals surface area contributed by atoms with E-state index in [1.807, 2.05) is 0 Å². The lowest BCUT2D eigenvalue weighted by molar-refractivity contribution is -0.149. The minimum atomic E-state index is -1.12. The summed E-state index contributed by atoms with van der Waals surface area (Å²) in [6.07, 6.45) is 1.23. The van der Waals surface area contributed by atoms with E-state index in [0.717, 1.165) is 0 Å². The first-order valence-electron chi connectivity index (χ1n) is 5.60. The second kappa shape index (κ2) is 4.85. The van der Waals surface area contributed by atoms with Gasteiger partial charge in [-0.25, -0.2) is 0 Å². The van der Waals surface area contributed by atoms with Gasteiger partial charge in [0.05, 0.1) is 19.3 Å². The number of rotatable bonds is 3. The zero-order valence-electron chi connectivity index (χ0n) is 9.97. The van der Waals surface area contributed by atoms with E-state index in [9.17, 15) is 9.59 Å². The van der Waals surface area contributed by atoms with Crippen molar-refractivity contribution in [1.29, 1.82) is 0 Å². The Balaban J connectivity index is 2.02. The number of ether oxygens (including phenoxy) is 3. The van der Waals surface area contributed by atoms with E-state index in [-0.39, 0.29) is 19.0 Å². The fourth-order valence-electron chi connectivity index (χ4n) is 1.80. The van der Waals surface area contributed by atoms with Gasteiger partial charge in [0.25, 0.3) is 5.91 Å². The normalized spacial score (nSPS) is 30.9. The van der Waals surface area contributed by atoms with Crippen molar-refractivity contribution in [2.24, 2.45) is 5.41 Å². The molecule has 0 spiro atoms. The minimum Gasteiger partial charge on any atom is -0.494 e. The van der Waals surface area contributed by atoms with Crippen molar-refractivity contribution < 1.29 is 28.9 Å². The van der Waals surface area contributed by atoms with Crippen LogP contribution in [-0.2, 0) is 23.8 Å². The van der Waals surface area contributed by atoms with Crippen LogP contribution in [0.2, 0.25) is 0 Å². The van der Waals surface area contributed by atoms with Gasteiger partial charge in [-0.2, -0.15) is 0 Å². The van der Waals surface area contributed by atoms with Crippen LogP contribution in [0.15, 0.2) is 12.0 Å². The zero-order chi connectivity index (χ0) is 13.2. The van der Waals surface area contributed by atoms with Gasteiger partial charge in [0, 0.05) is 0 Å². The molecule has 2 heterocycles. The summed E-state index contributed by atoms with van der Waals surface area (Å²) >= 11 is 0. The maximum atomic E-state index is 11.8. The van der Waals surface area contributed by atoms with Crippen molar-refractivity contribution >= 4 is 11.9 Å². The fourth-order valence-corrected chi connectivity index (χ4v) is 1.80. The number of carboxylic acids is 1. The highest BCUT2D eigenvalue weighted by molar-refractivity contribution is 5.92. The quantitative estimate of drug-likeness (QED) is 0.706. The molecule has 2 rings (SSSR count). The van der Waals surface area contributed by atoms with Crippen LogP contribution in [0, 0.1) is 5.41 Å². The van der Waals surface area contributed by atoms with Gasteiger partial charge in [-0.05, 0) is 6.92 Å². The number of hydrogen-bond acceptors (Lipinski definition) is 5. The van der Waals surface area contributed by atoms with E-state index >= 15 is 0 Å². The molecule has 0 aliphatic carbocycles. The number of nitrogens with one attached hydrogen (secondary N) is 1. The average molecular weight is 257 g/mol. The third-order valence-corrected chi connectivity index (χ3v) is 3.12. The predicted molar refractivity (Wildman–Crippen MR) is 58.5 cm³/mol. The first kappa shape index (κ1) is 12.7. The lowest BCUT2D eigenvalue weighted by Crippen LogP contribution is -2.50. The van der Waals surface area contributed by atoms with E-state index in [4.69, 9.17) is 19.3 Å². The Labute approximate surface area is 104 Å². The highest BCUT2D eigenvalue weighted by Gasteiger charge is 2.47. The Morgan fingerprint density at radius 3 is 2.89 bits per heavy atom. The monoisotopic (exact) mass is 257 g/mol. The smallest absolute Gasteiger partial charge is 0.313 e. The molecule has 0 saturated carbocycles. The van der Waals surface area contributed by atoms with Crippen LogP contribution in [0.4, 0.5) is 0 Å². The van der Waals surface area contributed by atoms with Crippen LogP contribution >= 0.6 is 0 Å². The largest absolute Gasteiger partial charge is 0.494 e. The second-order valence-corrected chi connectivity index (χ2v) is 4.47. The summed E-state index contributed by atoms with van der Waals surface area (Å²) in [6, 6.07) is -0.589. The van der Waals surface area contributed by atoms with Crippen LogP contribution < -0.4 is 5.32 Å². The Kier molecular flexibility index (Phi) is 3.42. The first-order chi connectivity index (χ1) is 8.54. The summed E-state index contributed by atoms with van der Waals surface area (Å²) in [6.45, 7) is 2.49. The maximum Gasteiger partial charge on any atom is 0.313 e. The fraction of sp³-hybridized carbons (Fsp3) is 0.636. The van der Waals surface area contributed by atoms with E-state index in [1.54, 1.807) is 6.92 Å². The highest BCUT2D eigenvalue weighted by Crippen LogP contribution is 2.29. The van der Waals surface area contributed by atoms with Crippen molar-refractivity contribution in [3.8, 4) is 0 Å². The SMILES string of the molecule is CC1(C(=O)O)COCC1NC(=O)C1=COCCO1. The molecule has 7 heteroatoms. The molecular formula is C11H15NO6. The van der Waals surface area contributed by atoms with Gasteiger partial charge >= 0.3 is 5.97 Å². The van der Waals surface area contributed by atoms with Crippen molar-refractivity contribution in [2.45, 2.75) is 13.0 Å². The Morgan fingerprint density at radius 2 is 2.28 bits per heavy atom. The molecule has 2 atom stereocenters. The second-order valence-electron chi connectivity index (χ2n) is 4.47. The van der Waals surface area contributed by atoms with E-state index < -0.39 is 23.3 Å². The Morgan fingerprint density at radius 1 is 1.50 bits per heavy atom. The van der Waals surface area contributed by atoms with Crippen LogP contribution in [-0.4, -0.2) is 49.5 Å². The average Bonchev–Trinajstić information content (AvgIpc) is 2.73. The van der Waals surface area contributed by atoms with E-state index in [1.165, 1.54) is 6.26 Å². The molecule has 2 aliphatic heterocycles. The Hall–Kier alpha value is -1.76. The summed E-state index contributed by atoms with van der Waals surface area (Å²) in [5, 5.41) is 11.8. The predicted octanol–water partition coefficient (Wildman–Crippen LogP) is -0.520. The molecular weight excluding hydrogens is 242 g/mol. The minimum absolute atomic E-state index is 0.0564. The van der Waals surface area contributed by atoms with E-state index in [2.05, 4.69) is 5.32 Å². The van der Waals surface area contributed by atoms with Crippen LogP contribution in [0.3, 0.4) is 0 Å². The van der Waals surface area contributed by atoms with Gasteiger partial charge in [-0.3, -0.25) is 9.59 Å². The van der Waals surface area contributed by atoms with Crippen molar-refractivity contribution in [2.75, 3.05) is 26.4 Å². The number of hydrogen-bond donors (Lipinski definition) is 2. The van der Waals surface area contributed by atoms with Gasteiger partial charge in [0.15, 0.2) is 0 Å². The lowest BCUT2D eigenvalue weighted by atomic mass is 9.85. The molecule has 0 aromatic rings. The van der Waals surface area contributed by atoms with Crippen LogP contribution in [0.25, 0.3) is 0 Å². The molecule has 18 heavy (non-hydrogen) atoms. The summed E-state index contributed by atoms with van der Waals surface area (Å²) in [5.74, 6) is -1.43. The van der Waals surface area contributed by atoms with Crippen molar-refractivity contribution in [3.63, 3.8) is 0 Å². The van der Waals surface area contributed by atoms with Gasteiger partial charge in [0.2, 0.25) is 5.76 Å². The number of carbonyl (C=O) groups excluding carboxylic acids is 1. The summed E-state index contributed by atoms with van der Waals surface area (Å²) < 4.78 is 15.2. The molecule has 7 nitrogen and oxygen atoms in total. The molecule has 2 aliphatic rings. The Bertz CT molecular complexity index is 393. The standard InChI is InChI=1S/C11H15NO6/c1-11(10(14)15)6-17-5-8(11)12-9(13)7-4-16-2-3-18-7/h4,8H,2-3,5-6H2,1H3,(H,12,13)(H,14,15). The third-order valence-electron chi connectivity index (χ3n) is 3.12. The van der Waals surface area contributed by atoms with Crippen molar-refractivity contribution in [1.82, 2.24) is 5.32 Å². The molecule has 100 valence electrons. The number of carbonyl (C=O) groups is 2. The molecule has 0 radical (unpaired) electrons. The number of carboxylic acid groups (broad SMARTS) is 1. The summed E-state index contributed by atoms with van der Waals surface area (Å²) in [7, 11) is 0.